The van der Waals surface area contributed by atoms with Crippen molar-refractivity contribution >= 4 is 28.6 Å². The summed E-state index contributed by atoms with van der Waals surface area (Å²) >= 11 is 0. The molecule has 104 valence electrons. The van der Waals surface area contributed by atoms with Crippen LogP contribution in [0.3, 0.4) is 0 Å². The second-order valence-electron chi connectivity index (χ2n) is 5.11. The molecule has 0 atom stereocenters. The Morgan fingerprint density at radius 1 is 1.14 bits per heavy atom. The van der Waals surface area contributed by atoms with Crippen molar-refractivity contribution in [3.63, 3.8) is 0 Å². The van der Waals surface area contributed by atoms with Crippen molar-refractivity contribution < 1.29 is 9.53 Å². The summed E-state index contributed by atoms with van der Waals surface area (Å²) < 4.78 is 5.83. The van der Waals surface area contributed by atoms with Gasteiger partial charge in [0, 0.05) is 35.1 Å². The highest BCUT2D eigenvalue weighted by atomic mass is 16.5. The van der Waals surface area contributed by atoms with E-state index in [0.29, 0.717) is 17.9 Å². The number of rotatable bonds is 1. The van der Waals surface area contributed by atoms with Gasteiger partial charge < -0.3 is 15.4 Å². The molecule has 0 saturated carbocycles. The average molecular weight is 278 g/mol. The zero-order valence-electron chi connectivity index (χ0n) is 11.6. The number of carbonyl (C=O) groups is 1. The van der Waals surface area contributed by atoms with Crippen molar-refractivity contribution in [2.75, 3.05) is 17.7 Å². The van der Waals surface area contributed by atoms with Gasteiger partial charge in [0.2, 0.25) is 0 Å². The quantitative estimate of drug-likeness (QED) is 0.788. The Labute approximate surface area is 122 Å². The molecule has 2 aromatic carbocycles. The van der Waals surface area contributed by atoms with Crippen molar-refractivity contribution in [2.24, 2.45) is 0 Å². The second kappa shape index (κ2) is 4.38. The Kier molecular flexibility index (Phi) is 2.51. The molecule has 0 unspecified atom stereocenters. The Morgan fingerprint density at radius 3 is 2.86 bits per heavy atom. The first-order chi connectivity index (χ1) is 10.3. The van der Waals surface area contributed by atoms with Crippen molar-refractivity contribution in [1.82, 2.24) is 0 Å². The molecule has 0 aromatic heterocycles. The van der Waals surface area contributed by atoms with Gasteiger partial charge in [0.15, 0.2) is 0 Å². The van der Waals surface area contributed by atoms with Gasteiger partial charge >= 0.3 is 0 Å². The van der Waals surface area contributed by atoms with Gasteiger partial charge in [-0.15, -0.1) is 0 Å². The molecule has 2 aliphatic heterocycles. The summed E-state index contributed by atoms with van der Waals surface area (Å²) in [7, 11) is 1.88. The molecule has 21 heavy (non-hydrogen) atoms. The fraction of sp³-hybridized carbons (Fsp3) is 0.118. The van der Waals surface area contributed by atoms with Gasteiger partial charge in [-0.05, 0) is 18.2 Å². The van der Waals surface area contributed by atoms with Gasteiger partial charge in [-0.2, -0.15) is 0 Å². The predicted octanol–water partition coefficient (Wildman–Crippen LogP) is 3.08. The van der Waals surface area contributed by atoms with Crippen LogP contribution in [0.2, 0.25) is 0 Å². The highest BCUT2D eigenvalue weighted by molar-refractivity contribution is 6.36. The van der Waals surface area contributed by atoms with Crippen LogP contribution in [0.5, 0.6) is 0 Å². The third-order valence-corrected chi connectivity index (χ3v) is 3.91. The summed E-state index contributed by atoms with van der Waals surface area (Å²) in [6.07, 6.45) is 0. The van der Waals surface area contributed by atoms with E-state index in [9.17, 15) is 4.79 Å². The zero-order chi connectivity index (χ0) is 14.4. The van der Waals surface area contributed by atoms with Crippen LogP contribution < -0.4 is 10.6 Å². The van der Waals surface area contributed by atoms with E-state index in [4.69, 9.17) is 4.74 Å². The van der Waals surface area contributed by atoms with Gasteiger partial charge in [-0.3, -0.25) is 4.79 Å². The third kappa shape index (κ3) is 1.72. The molecule has 2 aliphatic rings. The average Bonchev–Trinajstić information content (AvgIpc) is 3.06. The van der Waals surface area contributed by atoms with E-state index in [-0.39, 0.29) is 5.91 Å². The molecule has 0 spiro atoms. The molecule has 2 aromatic rings. The Balaban J connectivity index is 1.95. The number of hydrogen-bond acceptors (Lipinski definition) is 3. The number of amides is 1. The van der Waals surface area contributed by atoms with Crippen LogP contribution in [0.4, 0.5) is 11.4 Å². The number of nitrogens with one attached hydrogen (secondary N) is 2. The maximum atomic E-state index is 12.3. The molecule has 0 aliphatic carbocycles. The van der Waals surface area contributed by atoms with E-state index in [2.05, 4.69) is 10.6 Å². The number of benzene rings is 2. The summed E-state index contributed by atoms with van der Waals surface area (Å²) in [5.41, 5.74) is 5.46. The maximum absolute atomic E-state index is 12.3. The minimum Gasteiger partial charge on any atom is -0.487 e. The van der Waals surface area contributed by atoms with Crippen LogP contribution in [0.1, 0.15) is 16.7 Å². The van der Waals surface area contributed by atoms with Gasteiger partial charge in [-0.1, -0.05) is 24.3 Å². The summed E-state index contributed by atoms with van der Waals surface area (Å²) in [5.74, 6) is 0.568. The van der Waals surface area contributed by atoms with Crippen LogP contribution in [-0.4, -0.2) is 13.0 Å². The fourth-order valence-corrected chi connectivity index (χ4v) is 2.85. The molecule has 0 bridgehead atoms. The molecule has 4 heteroatoms. The van der Waals surface area contributed by atoms with Crippen LogP contribution in [-0.2, 0) is 16.1 Å². The van der Waals surface area contributed by atoms with Gasteiger partial charge in [0.05, 0.1) is 5.57 Å². The normalized spacial score (nSPS) is 18.8. The molecule has 0 radical (unpaired) electrons. The van der Waals surface area contributed by atoms with E-state index >= 15 is 0 Å². The number of ether oxygens (including phenoxy) is 1. The smallest absolute Gasteiger partial charge is 0.260 e. The van der Waals surface area contributed by atoms with Crippen LogP contribution in [0, 0.1) is 0 Å². The Bertz CT molecular complexity index is 793. The number of anilines is 2. The fourth-order valence-electron chi connectivity index (χ4n) is 2.85. The molecular weight excluding hydrogens is 264 g/mol. The molecule has 0 fully saturated rings. The summed E-state index contributed by atoms with van der Waals surface area (Å²) in [5, 5.41) is 6.01. The van der Waals surface area contributed by atoms with Crippen LogP contribution in [0.25, 0.3) is 11.3 Å². The summed E-state index contributed by atoms with van der Waals surface area (Å²) in [6, 6.07) is 13.8. The van der Waals surface area contributed by atoms with Crippen LogP contribution in [0.15, 0.2) is 42.5 Å². The zero-order valence-corrected chi connectivity index (χ0v) is 11.6. The standard InChI is InChI=1S/C17H14N2O2/c1-18-11-7-6-10-9-21-16(13(10)8-11)15-12-4-2-3-5-14(12)19-17(15)20/h2-8,18H,9H2,1H3,(H,19,20)/b16-15+. The van der Waals surface area contributed by atoms with Gasteiger partial charge in [0.1, 0.15) is 12.4 Å². The minimum absolute atomic E-state index is 0.103. The highest BCUT2D eigenvalue weighted by Crippen LogP contribution is 2.41. The van der Waals surface area contributed by atoms with Gasteiger partial charge in [-0.25, -0.2) is 0 Å². The largest absolute Gasteiger partial charge is 0.487 e. The van der Waals surface area contributed by atoms with E-state index in [0.717, 1.165) is 28.1 Å². The molecule has 1 amide bonds. The van der Waals surface area contributed by atoms with Crippen molar-refractivity contribution in [2.45, 2.75) is 6.61 Å². The Hall–Kier alpha value is -2.75. The lowest BCUT2D eigenvalue weighted by Crippen LogP contribution is -2.05. The molecular formula is C17H14N2O2. The minimum atomic E-state index is -0.103. The molecule has 2 heterocycles. The first kappa shape index (κ1) is 12.0. The summed E-state index contributed by atoms with van der Waals surface area (Å²) in [6.45, 7) is 0.508. The Morgan fingerprint density at radius 2 is 2.00 bits per heavy atom. The number of para-hydroxylation sites is 1. The molecule has 4 nitrogen and oxygen atoms in total. The van der Waals surface area contributed by atoms with Gasteiger partial charge in [0.25, 0.3) is 5.91 Å². The second-order valence-corrected chi connectivity index (χ2v) is 5.11. The number of fused-ring (bicyclic) bond motifs is 2. The molecule has 4 rings (SSSR count). The highest BCUT2D eigenvalue weighted by Gasteiger charge is 2.32. The summed E-state index contributed by atoms with van der Waals surface area (Å²) in [4.78, 5) is 12.3. The topological polar surface area (TPSA) is 50.4 Å². The lowest BCUT2D eigenvalue weighted by Gasteiger charge is -2.06. The van der Waals surface area contributed by atoms with E-state index in [1.165, 1.54) is 0 Å². The van der Waals surface area contributed by atoms with Crippen molar-refractivity contribution in [1.29, 1.82) is 0 Å². The van der Waals surface area contributed by atoms with Crippen molar-refractivity contribution in [3.05, 3.63) is 59.2 Å². The first-order valence-electron chi connectivity index (χ1n) is 6.87. The lowest BCUT2D eigenvalue weighted by molar-refractivity contribution is -0.110. The van der Waals surface area contributed by atoms with Crippen LogP contribution >= 0.6 is 0 Å². The van der Waals surface area contributed by atoms with E-state index < -0.39 is 0 Å². The van der Waals surface area contributed by atoms with Crippen molar-refractivity contribution in [3.8, 4) is 0 Å². The third-order valence-electron chi connectivity index (χ3n) is 3.91. The number of hydrogen-bond donors (Lipinski definition) is 2. The predicted molar refractivity (Wildman–Crippen MR) is 82.7 cm³/mol. The monoisotopic (exact) mass is 278 g/mol. The number of carbonyl (C=O) groups excluding carboxylic acids is 1. The molecule has 2 N–H and O–H groups in total. The first-order valence-corrected chi connectivity index (χ1v) is 6.87. The van der Waals surface area contributed by atoms with E-state index in [1.807, 2.05) is 49.5 Å². The lowest BCUT2D eigenvalue weighted by atomic mass is 10.00. The SMILES string of the molecule is CNc1ccc2c(c1)/C(=C1\C(=O)Nc3ccccc31)OC2. The molecule has 0 saturated heterocycles. The maximum Gasteiger partial charge on any atom is 0.260 e. The van der Waals surface area contributed by atoms with E-state index in [1.54, 1.807) is 0 Å².